The number of hydrogen-bond donors (Lipinski definition) is 1. The Labute approximate surface area is 134 Å². The van der Waals surface area contributed by atoms with Gasteiger partial charge in [-0.3, -0.25) is 4.90 Å². The molecule has 6 heteroatoms. The van der Waals surface area contributed by atoms with Crippen molar-refractivity contribution in [3.63, 3.8) is 0 Å². The summed E-state index contributed by atoms with van der Waals surface area (Å²) in [4.78, 5) is 16.2. The Morgan fingerprint density at radius 1 is 1.32 bits per heavy atom. The molecule has 0 aromatic carbocycles. The van der Waals surface area contributed by atoms with E-state index in [9.17, 15) is 4.79 Å². The number of carbonyl (C=O) groups excluding carboxylic acids is 1. The van der Waals surface area contributed by atoms with Crippen LogP contribution in [0.1, 0.15) is 34.6 Å². The van der Waals surface area contributed by atoms with Crippen LogP contribution in [0, 0.1) is 5.92 Å². The van der Waals surface area contributed by atoms with Crippen LogP contribution >= 0.6 is 0 Å². The van der Waals surface area contributed by atoms with Crippen LogP contribution in [0.4, 0.5) is 4.79 Å². The van der Waals surface area contributed by atoms with Gasteiger partial charge < -0.3 is 20.1 Å². The number of carbonyl (C=O) groups is 1. The highest BCUT2D eigenvalue weighted by Gasteiger charge is 2.30. The van der Waals surface area contributed by atoms with Crippen molar-refractivity contribution in [1.29, 1.82) is 0 Å². The van der Waals surface area contributed by atoms with Crippen molar-refractivity contribution in [2.45, 2.75) is 46.3 Å². The highest BCUT2D eigenvalue weighted by molar-refractivity contribution is 5.68. The van der Waals surface area contributed by atoms with Gasteiger partial charge >= 0.3 is 6.09 Å². The van der Waals surface area contributed by atoms with Gasteiger partial charge in [-0.25, -0.2) is 4.79 Å². The molecule has 0 aromatic rings. The first-order valence-electron chi connectivity index (χ1n) is 8.22. The molecule has 0 aliphatic carbocycles. The van der Waals surface area contributed by atoms with Crippen molar-refractivity contribution >= 4 is 6.09 Å². The number of rotatable bonds is 6. The quantitative estimate of drug-likeness (QED) is 0.753. The van der Waals surface area contributed by atoms with Crippen molar-refractivity contribution < 1.29 is 14.3 Å². The average Bonchev–Trinajstić information content (AvgIpc) is 2.41. The summed E-state index contributed by atoms with van der Waals surface area (Å²) < 4.78 is 11.1. The third-order valence-corrected chi connectivity index (χ3v) is 3.50. The van der Waals surface area contributed by atoms with Gasteiger partial charge in [-0.2, -0.15) is 0 Å². The standard InChI is InChI=1S/C16H33N3O3/c1-13(2)12-21-9-8-18-6-7-19(11-14(18)10-17)15(20)22-16(3,4)5/h13-14H,6-12,17H2,1-5H3. The molecule has 1 aliphatic rings. The lowest BCUT2D eigenvalue weighted by atomic mass is 10.1. The lowest BCUT2D eigenvalue weighted by Crippen LogP contribution is -2.58. The van der Waals surface area contributed by atoms with E-state index in [0.29, 0.717) is 32.2 Å². The topological polar surface area (TPSA) is 68.0 Å². The van der Waals surface area contributed by atoms with E-state index in [1.807, 2.05) is 20.8 Å². The number of hydrogen-bond acceptors (Lipinski definition) is 5. The molecule has 130 valence electrons. The summed E-state index contributed by atoms with van der Waals surface area (Å²) in [5.74, 6) is 0.550. The third-order valence-electron chi connectivity index (χ3n) is 3.50. The molecule has 1 saturated heterocycles. The fourth-order valence-corrected chi connectivity index (χ4v) is 2.40. The Balaban J connectivity index is 2.41. The molecule has 1 unspecified atom stereocenters. The average molecular weight is 315 g/mol. The Morgan fingerprint density at radius 2 is 2.00 bits per heavy atom. The highest BCUT2D eigenvalue weighted by atomic mass is 16.6. The minimum Gasteiger partial charge on any atom is -0.444 e. The van der Waals surface area contributed by atoms with Gasteiger partial charge in [-0.15, -0.1) is 0 Å². The summed E-state index contributed by atoms with van der Waals surface area (Å²) in [7, 11) is 0. The van der Waals surface area contributed by atoms with Crippen LogP contribution in [0.25, 0.3) is 0 Å². The van der Waals surface area contributed by atoms with Crippen LogP contribution in [0.15, 0.2) is 0 Å². The highest BCUT2D eigenvalue weighted by Crippen LogP contribution is 2.14. The van der Waals surface area contributed by atoms with Crippen molar-refractivity contribution in [3.05, 3.63) is 0 Å². The maximum Gasteiger partial charge on any atom is 0.410 e. The van der Waals surface area contributed by atoms with Gasteiger partial charge in [0, 0.05) is 45.4 Å². The molecule has 22 heavy (non-hydrogen) atoms. The fourth-order valence-electron chi connectivity index (χ4n) is 2.40. The molecule has 0 spiro atoms. The number of ether oxygens (including phenoxy) is 2. The normalized spacial score (nSPS) is 20.5. The molecule has 2 N–H and O–H groups in total. The summed E-state index contributed by atoms with van der Waals surface area (Å²) in [6, 6.07) is 0.170. The van der Waals surface area contributed by atoms with Crippen molar-refractivity contribution in [2.24, 2.45) is 11.7 Å². The second-order valence-corrected chi connectivity index (χ2v) is 7.32. The number of piperazine rings is 1. The minimum absolute atomic E-state index is 0.170. The molecular weight excluding hydrogens is 282 g/mol. The molecule has 1 amide bonds. The zero-order valence-corrected chi connectivity index (χ0v) is 14.8. The molecule has 0 saturated carbocycles. The molecule has 1 aliphatic heterocycles. The van der Waals surface area contributed by atoms with E-state index in [1.165, 1.54) is 0 Å². The van der Waals surface area contributed by atoms with Gasteiger partial charge in [0.1, 0.15) is 5.60 Å². The van der Waals surface area contributed by atoms with Gasteiger partial charge in [0.15, 0.2) is 0 Å². The first-order chi connectivity index (χ1) is 10.2. The first-order valence-corrected chi connectivity index (χ1v) is 8.22. The van der Waals surface area contributed by atoms with Crippen molar-refractivity contribution in [1.82, 2.24) is 9.80 Å². The molecule has 0 aromatic heterocycles. The molecule has 1 atom stereocenters. The molecule has 1 heterocycles. The van der Waals surface area contributed by atoms with Crippen LogP contribution in [-0.4, -0.2) is 73.5 Å². The summed E-state index contributed by atoms with van der Waals surface area (Å²) in [6.07, 6.45) is -0.248. The second-order valence-electron chi connectivity index (χ2n) is 7.32. The van der Waals surface area contributed by atoms with Crippen LogP contribution < -0.4 is 5.73 Å². The van der Waals surface area contributed by atoms with Crippen LogP contribution in [0.2, 0.25) is 0 Å². The summed E-state index contributed by atoms with van der Waals surface area (Å²) in [5.41, 5.74) is 5.41. The Bertz CT molecular complexity index is 342. The number of nitrogens with two attached hydrogens (primary N) is 1. The summed E-state index contributed by atoms with van der Waals surface area (Å²) in [5, 5.41) is 0. The molecule has 0 bridgehead atoms. The number of nitrogens with zero attached hydrogens (tertiary/aromatic N) is 2. The van der Waals surface area contributed by atoms with E-state index in [0.717, 1.165) is 19.7 Å². The third kappa shape index (κ3) is 6.94. The van der Waals surface area contributed by atoms with Crippen LogP contribution in [-0.2, 0) is 9.47 Å². The van der Waals surface area contributed by atoms with Crippen molar-refractivity contribution in [2.75, 3.05) is 45.9 Å². The summed E-state index contributed by atoms with van der Waals surface area (Å²) >= 11 is 0. The molecule has 1 fully saturated rings. The zero-order chi connectivity index (χ0) is 16.8. The first kappa shape index (κ1) is 19.2. The smallest absolute Gasteiger partial charge is 0.410 e. The Morgan fingerprint density at radius 3 is 2.55 bits per heavy atom. The maximum absolute atomic E-state index is 12.1. The lowest BCUT2D eigenvalue weighted by Gasteiger charge is -2.41. The van der Waals surface area contributed by atoms with E-state index >= 15 is 0 Å². The minimum atomic E-state index is -0.461. The monoisotopic (exact) mass is 315 g/mol. The zero-order valence-electron chi connectivity index (χ0n) is 14.8. The van der Waals surface area contributed by atoms with Gasteiger partial charge in [0.05, 0.1) is 6.61 Å². The van der Waals surface area contributed by atoms with E-state index in [2.05, 4.69) is 18.7 Å². The van der Waals surface area contributed by atoms with Crippen LogP contribution in [0.3, 0.4) is 0 Å². The molecule has 6 nitrogen and oxygen atoms in total. The molecule has 1 rings (SSSR count). The SMILES string of the molecule is CC(C)COCCN1CCN(C(=O)OC(C)(C)C)CC1CN. The molecule has 0 radical (unpaired) electrons. The Kier molecular flexibility index (Phi) is 7.59. The van der Waals surface area contributed by atoms with Gasteiger partial charge in [0.25, 0.3) is 0 Å². The number of amides is 1. The van der Waals surface area contributed by atoms with Gasteiger partial charge in [-0.05, 0) is 26.7 Å². The van der Waals surface area contributed by atoms with E-state index in [1.54, 1.807) is 4.90 Å². The predicted octanol–water partition coefficient (Wildman–Crippen LogP) is 1.54. The van der Waals surface area contributed by atoms with Crippen LogP contribution in [0.5, 0.6) is 0 Å². The van der Waals surface area contributed by atoms with E-state index in [4.69, 9.17) is 15.2 Å². The summed E-state index contributed by atoms with van der Waals surface area (Å²) in [6.45, 7) is 14.9. The van der Waals surface area contributed by atoms with Gasteiger partial charge in [0.2, 0.25) is 0 Å². The van der Waals surface area contributed by atoms with Gasteiger partial charge in [-0.1, -0.05) is 13.8 Å². The molecular formula is C16H33N3O3. The Hall–Kier alpha value is -0.850. The van der Waals surface area contributed by atoms with E-state index in [-0.39, 0.29) is 12.1 Å². The van der Waals surface area contributed by atoms with E-state index < -0.39 is 5.60 Å². The second kappa shape index (κ2) is 8.70. The maximum atomic E-state index is 12.1. The predicted molar refractivity (Wildman–Crippen MR) is 87.9 cm³/mol. The largest absolute Gasteiger partial charge is 0.444 e. The lowest BCUT2D eigenvalue weighted by molar-refractivity contribution is -0.00145. The fraction of sp³-hybridized carbons (Fsp3) is 0.938. The van der Waals surface area contributed by atoms with Crippen molar-refractivity contribution in [3.8, 4) is 0 Å².